The van der Waals surface area contributed by atoms with E-state index in [2.05, 4.69) is 0 Å². The van der Waals surface area contributed by atoms with Gasteiger partial charge in [0.25, 0.3) is 0 Å². The van der Waals surface area contributed by atoms with Crippen LogP contribution in [0.2, 0.25) is 35.2 Å². The van der Waals surface area contributed by atoms with Gasteiger partial charge in [0.15, 0.2) is 11.6 Å². The maximum absolute atomic E-state index is 14.1. The molecule has 2 aliphatic heterocycles. The molecule has 6 nitrogen and oxygen atoms in total. The summed E-state index contributed by atoms with van der Waals surface area (Å²) in [6, 6.07) is 21.5. The van der Waals surface area contributed by atoms with Crippen LogP contribution in [0.4, 0.5) is 0 Å². The maximum Gasteiger partial charge on any atom is 0.312 e. The lowest BCUT2D eigenvalue weighted by Crippen LogP contribution is -2.52. The van der Waals surface area contributed by atoms with E-state index >= 15 is 0 Å². The molecule has 13 heteroatoms. The Balaban J connectivity index is 1.36. The molecule has 53 heavy (non-hydrogen) atoms. The highest BCUT2D eigenvalue weighted by Gasteiger charge is 2.37. The molecule has 2 fully saturated rings. The van der Waals surface area contributed by atoms with Crippen LogP contribution in [0.1, 0.15) is 22.3 Å². The molecule has 0 saturated carbocycles. The lowest BCUT2D eigenvalue weighted by Gasteiger charge is -2.34. The number of amides is 2. The Kier molecular flexibility index (Phi) is 12.2. The Morgan fingerprint density at radius 1 is 0.415 bits per heavy atom. The number of ketones is 2. The van der Waals surface area contributed by atoms with E-state index in [0.29, 0.717) is 47.4 Å². The van der Waals surface area contributed by atoms with Crippen molar-refractivity contribution in [2.45, 2.75) is 0 Å². The topological polar surface area (TPSA) is 74.8 Å². The molecular weight excluding hydrogens is 821 g/mol. The zero-order valence-electron chi connectivity index (χ0n) is 27.3. The van der Waals surface area contributed by atoms with Gasteiger partial charge in [-0.3, -0.25) is 19.2 Å². The highest BCUT2D eigenvalue weighted by molar-refractivity contribution is 6.43. The molecule has 2 amide bonds. The molecular formula is C40H25Cl7N2O4. The molecule has 0 spiro atoms. The van der Waals surface area contributed by atoms with Crippen LogP contribution < -0.4 is 0 Å². The summed E-state index contributed by atoms with van der Waals surface area (Å²) in [7, 11) is 0. The quantitative estimate of drug-likeness (QED) is 0.151. The van der Waals surface area contributed by atoms with Crippen molar-refractivity contribution in [2.24, 2.45) is 0 Å². The number of likely N-dealkylation sites (tertiary alicyclic amines) is 2. The highest BCUT2D eigenvalue weighted by atomic mass is 35.5. The van der Waals surface area contributed by atoms with Gasteiger partial charge in [-0.05, 0) is 95.1 Å². The molecule has 2 saturated heterocycles. The SMILES string of the molecule is O=C1/C(=C/c2ccc(Cl)cc2)CN(C(=O)C(=O)N2C/C(=C\c3ccc(Cl)c(Cl)c3)C(=O)/C(=C/c3ccc(Cl)c(Cl)c3)C2)C/C1=C\c1ccc(Cl)c(Cl)c1. The van der Waals surface area contributed by atoms with Gasteiger partial charge in [0, 0.05) is 27.3 Å². The minimum Gasteiger partial charge on any atom is -0.325 e. The van der Waals surface area contributed by atoms with Crippen LogP contribution in [0, 0.1) is 0 Å². The number of halogens is 7. The minimum atomic E-state index is -0.869. The Hall–Kier alpha value is -3.85. The molecule has 0 radical (unpaired) electrons. The van der Waals surface area contributed by atoms with Gasteiger partial charge in [-0.15, -0.1) is 0 Å². The molecule has 0 unspecified atom stereocenters. The average Bonchev–Trinajstić information content (AvgIpc) is 3.13. The molecule has 4 aromatic carbocycles. The fraction of sp³-hybridized carbons (Fsp3) is 0.100. The Labute approximate surface area is 340 Å². The largest absolute Gasteiger partial charge is 0.325 e. The summed E-state index contributed by atoms with van der Waals surface area (Å²) in [5.41, 5.74) is 3.40. The molecule has 0 aromatic heterocycles. The second-order valence-corrected chi connectivity index (χ2v) is 15.1. The first-order valence-electron chi connectivity index (χ1n) is 15.9. The lowest BCUT2D eigenvalue weighted by atomic mass is 9.93. The second kappa shape index (κ2) is 16.7. The summed E-state index contributed by atoms with van der Waals surface area (Å²) in [5.74, 6) is -2.37. The van der Waals surface area contributed by atoms with Crippen molar-refractivity contribution < 1.29 is 19.2 Å². The number of Topliss-reactive ketones (excluding diaryl/α,β-unsaturated/α-hetero) is 2. The van der Waals surface area contributed by atoms with Crippen molar-refractivity contribution in [3.8, 4) is 0 Å². The first-order valence-corrected chi connectivity index (χ1v) is 18.5. The van der Waals surface area contributed by atoms with E-state index in [1.165, 1.54) is 9.80 Å². The van der Waals surface area contributed by atoms with E-state index in [1.54, 1.807) is 103 Å². The molecule has 2 heterocycles. The fourth-order valence-electron chi connectivity index (χ4n) is 5.81. The van der Waals surface area contributed by atoms with E-state index in [-0.39, 0.29) is 70.1 Å². The predicted molar refractivity (Wildman–Crippen MR) is 216 cm³/mol. The van der Waals surface area contributed by atoms with Gasteiger partial charge < -0.3 is 9.80 Å². The van der Waals surface area contributed by atoms with Crippen LogP contribution in [-0.4, -0.2) is 59.4 Å². The summed E-state index contributed by atoms with van der Waals surface area (Å²) in [5, 5.41) is 2.39. The summed E-state index contributed by atoms with van der Waals surface area (Å²) in [6.07, 6.45) is 6.46. The second-order valence-electron chi connectivity index (χ2n) is 12.2. The molecule has 0 aliphatic carbocycles. The zero-order valence-corrected chi connectivity index (χ0v) is 32.6. The van der Waals surface area contributed by atoms with Gasteiger partial charge in [-0.2, -0.15) is 0 Å². The Morgan fingerprint density at radius 2 is 0.698 bits per heavy atom. The molecule has 0 bridgehead atoms. The standard InChI is InChI=1S/C40H25Cl7N2O4/c41-30-6-1-22(2-7-30)11-26-18-48(19-27(37(26)50)12-23-3-8-31(42)34(45)15-23)39(52)40(53)49-20-28(13-24-4-9-32(43)35(46)16-24)38(51)29(21-49)14-25-5-10-33(44)36(47)17-25/h1-17H,18-21H2/b26-11+,27-12+,28-13+,29-14+. The highest BCUT2D eigenvalue weighted by Crippen LogP contribution is 2.30. The van der Waals surface area contributed by atoms with Crippen LogP contribution in [0.3, 0.4) is 0 Å². The first kappa shape index (κ1) is 38.9. The van der Waals surface area contributed by atoms with Gasteiger partial charge in [-0.1, -0.05) is 112 Å². The van der Waals surface area contributed by atoms with Gasteiger partial charge in [0.05, 0.1) is 56.3 Å². The number of piperidine rings is 2. The summed E-state index contributed by atoms with van der Waals surface area (Å²) >= 11 is 43.2. The number of nitrogens with zero attached hydrogens (tertiary/aromatic N) is 2. The number of benzene rings is 4. The van der Waals surface area contributed by atoms with Crippen molar-refractivity contribution in [3.63, 3.8) is 0 Å². The average molecular weight is 846 g/mol. The van der Waals surface area contributed by atoms with Gasteiger partial charge >= 0.3 is 11.8 Å². The van der Waals surface area contributed by atoms with Crippen LogP contribution in [-0.2, 0) is 19.2 Å². The molecule has 268 valence electrons. The van der Waals surface area contributed by atoms with Gasteiger partial charge in [-0.25, -0.2) is 0 Å². The number of carbonyl (C=O) groups excluding carboxylic acids is 4. The first-order chi connectivity index (χ1) is 25.2. The van der Waals surface area contributed by atoms with Gasteiger partial charge in [0.1, 0.15) is 0 Å². The van der Waals surface area contributed by atoms with Crippen molar-refractivity contribution in [1.82, 2.24) is 9.80 Å². The van der Waals surface area contributed by atoms with Crippen LogP contribution in [0.25, 0.3) is 24.3 Å². The van der Waals surface area contributed by atoms with E-state index < -0.39 is 11.8 Å². The number of rotatable bonds is 4. The van der Waals surface area contributed by atoms with Crippen LogP contribution in [0.5, 0.6) is 0 Å². The third kappa shape index (κ3) is 9.28. The molecule has 0 atom stereocenters. The van der Waals surface area contributed by atoms with Crippen molar-refractivity contribution >= 4 is 129 Å². The molecule has 6 rings (SSSR count). The van der Waals surface area contributed by atoms with Crippen LogP contribution in [0.15, 0.2) is 101 Å². The summed E-state index contributed by atoms with van der Waals surface area (Å²) in [4.78, 5) is 58.5. The third-order valence-corrected chi connectivity index (χ3v) is 10.9. The van der Waals surface area contributed by atoms with E-state index in [0.717, 1.165) is 0 Å². The molecule has 0 N–H and O–H groups in total. The minimum absolute atomic E-state index is 0.143. The molecule has 4 aromatic rings. The lowest BCUT2D eigenvalue weighted by molar-refractivity contribution is -0.151. The van der Waals surface area contributed by atoms with E-state index in [1.807, 2.05) is 0 Å². The van der Waals surface area contributed by atoms with E-state index in [9.17, 15) is 19.2 Å². The Bertz CT molecular complexity index is 2240. The maximum atomic E-state index is 14.1. The summed E-state index contributed by atoms with van der Waals surface area (Å²) < 4.78 is 0. The van der Waals surface area contributed by atoms with Gasteiger partial charge in [0.2, 0.25) is 0 Å². The van der Waals surface area contributed by atoms with Crippen molar-refractivity contribution in [2.75, 3.05) is 26.2 Å². The van der Waals surface area contributed by atoms with E-state index in [4.69, 9.17) is 81.2 Å². The predicted octanol–water partition coefficient (Wildman–Crippen LogP) is 10.7. The number of hydrogen-bond donors (Lipinski definition) is 0. The number of hydrogen-bond acceptors (Lipinski definition) is 4. The normalized spacial score (nSPS) is 18.1. The number of carbonyl (C=O) groups is 4. The van der Waals surface area contributed by atoms with Crippen molar-refractivity contribution in [1.29, 1.82) is 0 Å². The van der Waals surface area contributed by atoms with Crippen molar-refractivity contribution in [3.05, 3.63) is 159 Å². The summed E-state index contributed by atoms with van der Waals surface area (Å²) in [6.45, 7) is -0.648. The van der Waals surface area contributed by atoms with Crippen LogP contribution >= 0.6 is 81.2 Å². The fourth-order valence-corrected chi connectivity index (χ4v) is 6.85. The Morgan fingerprint density at radius 3 is 1.00 bits per heavy atom. The molecule has 2 aliphatic rings. The zero-order chi connectivity index (χ0) is 38.0. The smallest absolute Gasteiger partial charge is 0.312 e. The monoisotopic (exact) mass is 842 g/mol. The third-order valence-electron chi connectivity index (χ3n) is 8.43.